The van der Waals surface area contributed by atoms with Gasteiger partial charge in [0.05, 0.1) is 21.3 Å². The van der Waals surface area contributed by atoms with Crippen LogP contribution in [0.25, 0.3) is 11.3 Å². The molecule has 0 bridgehead atoms. The van der Waals surface area contributed by atoms with Crippen LogP contribution >= 0.6 is 0 Å². The molecule has 2 aromatic carbocycles. The molecule has 134 valence electrons. The zero-order chi connectivity index (χ0) is 18.5. The highest BCUT2D eigenvalue weighted by molar-refractivity contribution is 6.06. The average Bonchev–Trinajstić information content (AvgIpc) is 3.17. The predicted molar refractivity (Wildman–Crippen MR) is 96.0 cm³/mol. The minimum atomic E-state index is -0.403. The summed E-state index contributed by atoms with van der Waals surface area (Å²) < 4.78 is 21.0. The molecule has 0 spiro atoms. The Bertz CT molecular complexity index is 880. The highest BCUT2D eigenvalue weighted by Crippen LogP contribution is 2.28. The van der Waals surface area contributed by atoms with Gasteiger partial charge in [0, 0.05) is 29.4 Å². The first-order valence-electron chi connectivity index (χ1n) is 7.77. The molecule has 7 nitrogen and oxygen atoms in total. The van der Waals surface area contributed by atoms with Crippen LogP contribution in [0.3, 0.4) is 0 Å². The summed E-state index contributed by atoms with van der Waals surface area (Å²) in [6, 6.07) is 12.3. The van der Waals surface area contributed by atoms with Crippen LogP contribution in [0.2, 0.25) is 0 Å². The van der Waals surface area contributed by atoms with Crippen LogP contribution in [0.15, 0.2) is 53.3 Å². The van der Waals surface area contributed by atoms with Gasteiger partial charge in [-0.25, -0.2) is 4.98 Å². The lowest BCUT2D eigenvalue weighted by Crippen LogP contribution is -2.13. The van der Waals surface area contributed by atoms with Crippen LogP contribution < -0.4 is 19.5 Å². The number of amides is 1. The Morgan fingerprint density at radius 3 is 2.12 bits per heavy atom. The number of hydrogen-bond acceptors (Lipinski definition) is 6. The average molecular weight is 354 g/mol. The van der Waals surface area contributed by atoms with Gasteiger partial charge in [-0.2, -0.15) is 0 Å². The summed E-state index contributed by atoms with van der Waals surface area (Å²) in [5.74, 6) is 1.81. The monoisotopic (exact) mass is 354 g/mol. The zero-order valence-corrected chi connectivity index (χ0v) is 14.6. The van der Waals surface area contributed by atoms with Crippen molar-refractivity contribution >= 4 is 11.6 Å². The highest BCUT2D eigenvalue weighted by Gasteiger charge is 2.19. The molecular formula is C19H18N2O5. The minimum Gasteiger partial charge on any atom is -0.497 e. The number of methoxy groups -OCH3 is 3. The molecule has 3 aromatic rings. The van der Waals surface area contributed by atoms with E-state index in [0.717, 1.165) is 5.56 Å². The van der Waals surface area contributed by atoms with Crippen LogP contribution in [0, 0.1) is 0 Å². The van der Waals surface area contributed by atoms with Gasteiger partial charge in [0.15, 0.2) is 17.8 Å². The van der Waals surface area contributed by atoms with Crippen molar-refractivity contribution in [1.29, 1.82) is 0 Å². The second kappa shape index (κ2) is 7.60. The fourth-order valence-corrected chi connectivity index (χ4v) is 2.43. The third kappa shape index (κ3) is 3.61. The van der Waals surface area contributed by atoms with Crippen molar-refractivity contribution in [3.05, 3.63) is 54.6 Å². The van der Waals surface area contributed by atoms with Crippen molar-refractivity contribution in [3.63, 3.8) is 0 Å². The number of oxazole rings is 1. The number of rotatable bonds is 6. The Hall–Kier alpha value is -3.48. The molecule has 0 unspecified atom stereocenters. The van der Waals surface area contributed by atoms with Crippen LogP contribution in [-0.4, -0.2) is 32.2 Å². The topological polar surface area (TPSA) is 82.8 Å². The number of aromatic nitrogens is 1. The van der Waals surface area contributed by atoms with Crippen molar-refractivity contribution in [2.24, 2.45) is 0 Å². The third-order valence-electron chi connectivity index (χ3n) is 3.74. The van der Waals surface area contributed by atoms with E-state index in [-0.39, 0.29) is 5.69 Å². The number of carbonyl (C=O) groups excluding carboxylic acids is 1. The summed E-state index contributed by atoms with van der Waals surface area (Å²) in [4.78, 5) is 16.7. The van der Waals surface area contributed by atoms with Crippen LogP contribution in [-0.2, 0) is 0 Å². The lowest BCUT2D eigenvalue weighted by atomic mass is 10.1. The zero-order valence-electron chi connectivity index (χ0n) is 14.6. The molecule has 0 aliphatic carbocycles. The Morgan fingerprint density at radius 2 is 1.54 bits per heavy atom. The second-order valence-corrected chi connectivity index (χ2v) is 5.31. The highest BCUT2D eigenvalue weighted by atomic mass is 16.5. The lowest BCUT2D eigenvalue weighted by Gasteiger charge is -2.09. The molecule has 7 heteroatoms. The number of nitrogens with zero attached hydrogens (tertiary/aromatic N) is 1. The number of hydrogen-bond donors (Lipinski definition) is 1. The predicted octanol–water partition coefficient (Wildman–Crippen LogP) is 3.62. The fourth-order valence-electron chi connectivity index (χ4n) is 2.43. The molecule has 1 heterocycles. The molecule has 0 radical (unpaired) electrons. The van der Waals surface area contributed by atoms with E-state index in [1.54, 1.807) is 63.8 Å². The third-order valence-corrected chi connectivity index (χ3v) is 3.74. The molecule has 0 fully saturated rings. The minimum absolute atomic E-state index is 0.178. The molecular weight excluding hydrogens is 336 g/mol. The number of benzene rings is 2. The van der Waals surface area contributed by atoms with Crippen molar-refractivity contribution in [1.82, 2.24) is 4.98 Å². The summed E-state index contributed by atoms with van der Waals surface area (Å²) in [5.41, 5.74) is 1.42. The Kier molecular flexibility index (Phi) is 5.07. The van der Waals surface area contributed by atoms with E-state index in [4.69, 9.17) is 18.6 Å². The molecule has 0 aliphatic heterocycles. The second-order valence-electron chi connectivity index (χ2n) is 5.31. The largest absolute Gasteiger partial charge is 0.497 e. The molecule has 0 aliphatic rings. The van der Waals surface area contributed by atoms with E-state index in [1.807, 2.05) is 0 Å². The first-order valence-corrected chi connectivity index (χ1v) is 7.77. The van der Waals surface area contributed by atoms with Gasteiger partial charge >= 0.3 is 0 Å². The van der Waals surface area contributed by atoms with Crippen LogP contribution in [0.4, 0.5) is 5.69 Å². The standard InChI is InChI=1S/C19H18N2O5/c1-23-14-6-4-12(5-7-14)18-17(20-11-26-18)19(22)21-13-8-15(24-2)10-16(9-13)25-3/h4-11H,1-3H3,(H,21,22). The van der Waals surface area contributed by atoms with E-state index in [9.17, 15) is 4.79 Å². The first kappa shape index (κ1) is 17.3. The summed E-state index contributed by atoms with van der Waals surface area (Å²) in [5, 5.41) is 2.78. The Balaban J connectivity index is 1.86. The van der Waals surface area contributed by atoms with Crippen molar-refractivity contribution < 1.29 is 23.4 Å². The number of ether oxygens (including phenoxy) is 3. The Labute approximate surface area is 150 Å². The van der Waals surface area contributed by atoms with E-state index in [1.165, 1.54) is 6.39 Å². The Morgan fingerprint density at radius 1 is 0.923 bits per heavy atom. The van der Waals surface area contributed by atoms with Gasteiger partial charge in [-0.3, -0.25) is 4.79 Å². The maximum Gasteiger partial charge on any atom is 0.278 e. The molecule has 1 aromatic heterocycles. The van der Waals surface area contributed by atoms with Gasteiger partial charge in [-0.05, 0) is 24.3 Å². The van der Waals surface area contributed by atoms with Crippen molar-refractivity contribution in [3.8, 4) is 28.6 Å². The van der Waals surface area contributed by atoms with Gasteiger partial charge in [0.1, 0.15) is 17.2 Å². The first-order chi connectivity index (χ1) is 12.6. The van der Waals surface area contributed by atoms with E-state index in [2.05, 4.69) is 10.3 Å². The van der Waals surface area contributed by atoms with E-state index >= 15 is 0 Å². The summed E-state index contributed by atoms with van der Waals surface area (Å²) in [6.07, 6.45) is 1.24. The summed E-state index contributed by atoms with van der Waals surface area (Å²) in [7, 11) is 4.67. The van der Waals surface area contributed by atoms with Crippen molar-refractivity contribution in [2.75, 3.05) is 26.6 Å². The SMILES string of the molecule is COc1ccc(-c2ocnc2C(=O)Nc2cc(OC)cc(OC)c2)cc1. The maximum atomic E-state index is 12.7. The van der Waals surface area contributed by atoms with Crippen molar-refractivity contribution in [2.45, 2.75) is 0 Å². The fraction of sp³-hybridized carbons (Fsp3) is 0.158. The molecule has 3 rings (SSSR count). The number of anilines is 1. The van der Waals surface area contributed by atoms with E-state index in [0.29, 0.717) is 28.7 Å². The quantitative estimate of drug-likeness (QED) is 0.728. The smallest absolute Gasteiger partial charge is 0.278 e. The molecule has 26 heavy (non-hydrogen) atoms. The maximum absolute atomic E-state index is 12.7. The van der Waals surface area contributed by atoms with E-state index < -0.39 is 5.91 Å². The number of nitrogens with one attached hydrogen (secondary N) is 1. The van der Waals surface area contributed by atoms with Gasteiger partial charge in [-0.1, -0.05) is 0 Å². The molecule has 0 saturated heterocycles. The molecule has 0 atom stereocenters. The molecule has 1 N–H and O–H groups in total. The van der Waals surface area contributed by atoms with Gasteiger partial charge in [0.25, 0.3) is 5.91 Å². The molecule has 0 saturated carbocycles. The van der Waals surface area contributed by atoms with Gasteiger partial charge < -0.3 is 23.9 Å². The van der Waals surface area contributed by atoms with Gasteiger partial charge in [-0.15, -0.1) is 0 Å². The normalized spacial score (nSPS) is 10.3. The van der Waals surface area contributed by atoms with Crippen LogP contribution in [0.1, 0.15) is 10.5 Å². The van der Waals surface area contributed by atoms with Crippen LogP contribution in [0.5, 0.6) is 17.2 Å². The lowest BCUT2D eigenvalue weighted by molar-refractivity contribution is 0.102. The molecule has 1 amide bonds. The summed E-state index contributed by atoms with van der Waals surface area (Å²) >= 11 is 0. The number of carbonyl (C=O) groups is 1. The summed E-state index contributed by atoms with van der Waals surface area (Å²) in [6.45, 7) is 0. The van der Waals surface area contributed by atoms with Gasteiger partial charge in [0.2, 0.25) is 0 Å².